The van der Waals surface area contributed by atoms with Gasteiger partial charge in [0.05, 0.1) is 5.56 Å². The third-order valence-electron chi connectivity index (χ3n) is 7.04. The van der Waals surface area contributed by atoms with E-state index in [9.17, 15) is 27.9 Å². The smallest absolute Gasteiger partial charge is 0.416 e. The molecule has 3 rings (SSSR count). The highest BCUT2D eigenvalue weighted by atomic mass is 19.4. The SMILES string of the molecule is CCC[C@@H](C(=O)N[C@H]1CC[C@@H]2CN(Cc3ccc(C(F)(F)F)cc3)C[C@@H]21)N(C(=O)[O-])C(C)(C)C. The minimum atomic E-state index is -4.34. The van der Waals surface area contributed by atoms with Gasteiger partial charge in [-0.25, -0.2) is 0 Å². The van der Waals surface area contributed by atoms with Crippen LogP contribution in [0, 0.1) is 11.8 Å². The van der Waals surface area contributed by atoms with Crippen molar-refractivity contribution >= 4 is 12.0 Å². The van der Waals surface area contributed by atoms with E-state index in [4.69, 9.17) is 0 Å². The van der Waals surface area contributed by atoms with Crippen LogP contribution in [0.2, 0.25) is 0 Å². The van der Waals surface area contributed by atoms with Gasteiger partial charge in [-0.2, -0.15) is 13.2 Å². The molecule has 0 spiro atoms. The standard InChI is InChI=1S/C25H36F3N3O3/c1-5-6-21(31(23(33)34)24(2,3)4)22(32)29-20-12-9-17-14-30(15-19(17)20)13-16-7-10-18(11-8-16)25(26,27)28/h7-8,10-11,17,19-21H,5-6,9,12-15H2,1-4H3,(H,29,32)(H,33,34)/p-1/t17-,19+,20+,21+/m1/s1. The molecule has 1 aliphatic carbocycles. The third kappa shape index (κ3) is 6.03. The summed E-state index contributed by atoms with van der Waals surface area (Å²) < 4.78 is 38.4. The van der Waals surface area contributed by atoms with E-state index in [0.717, 1.165) is 48.5 Å². The number of nitrogens with zero attached hydrogens (tertiary/aromatic N) is 2. The van der Waals surface area contributed by atoms with Crippen molar-refractivity contribution in [2.75, 3.05) is 13.1 Å². The largest absolute Gasteiger partial charge is 0.530 e. The number of alkyl halides is 3. The zero-order chi connectivity index (χ0) is 25.3. The van der Waals surface area contributed by atoms with Crippen LogP contribution >= 0.6 is 0 Å². The molecule has 1 saturated carbocycles. The Morgan fingerprint density at radius 1 is 1.15 bits per heavy atom. The van der Waals surface area contributed by atoms with E-state index in [2.05, 4.69) is 10.2 Å². The zero-order valence-electron chi connectivity index (χ0n) is 20.3. The number of hydrogen-bond donors (Lipinski definition) is 1. The molecule has 34 heavy (non-hydrogen) atoms. The maximum absolute atomic E-state index is 13.2. The Hall–Kier alpha value is -2.29. The first-order chi connectivity index (χ1) is 15.8. The maximum Gasteiger partial charge on any atom is 0.416 e. The quantitative estimate of drug-likeness (QED) is 0.644. The number of rotatable bonds is 7. The fourth-order valence-corrected chi connectivity index (χ4v) is 5.52. The fourth-order valence-electron chi connectivity index (χ4n) is 5.52. The lowest BCUT2D eigenvalue weighted by Gasteiger charge is -2.43. The molecule has 4 atom stereocenters. The van der Waals surface area contributed by atoms with Crippen LogP contribution in [0.15, 0.2) is 24.3 Å². The van der Waals surface area contributed by atoms with Gasteiger partial charge in [0.15, 0.2) is 0 Å². The van der Waals surface area contributed by atoms with Crippen molar-refractivity contribution < 1.29 is 27.9 Å². The number of fused-ring (bicyclic) bond motifs is 1. The molecule has 0 aromatic heterocycles. The summed E-state index contributed by atoms with van der Waals surface area (Å²) in [6.45, 7) is 9.31. The molecule has 2 amide bonds. The number of benzene rings is 1. The highest BCUT2D eigenvalue weighted by molar-refractivity contribution is 5.85. The lowest BCUT2D eigenvalue weighted by atomic mass is 9.96. The maximum atomic E-state index is 13.2. The van der Waals surface area contributed by atoms with E-state index in [0.29, 0.717) is 25.3 Å². The summed E-state index contributed by atoms with van der Waals surface area (Å²) in [5.41, 5.74) is -0.591. The first-order valence-electron chi connectivity index (χ1n) is 12.0. The molecule has 2 fully saturated rings. The van der Waals surface area contributed by atoms with Gasteiger partial charge in [0, 0.05) is 31.2 Å². The highest BCUT2D eigenvalue weighted by Crippen LogP contribution is 2.39. The van der Waals surface area contributed by atoms with Gasteiger partial charge in [-0.15, -0.1) is 0 Å². The molecule has 190 valence electrons. The first kappa shape index (κ1) is 26.3. The summed E-state index contributed by atoms with van der Waals surface area (Å²) in [7, 11) is 0. The number of halogens is 3. The van der Waals surface area contributed by atoms with E-state index < -0.39 is 29.4 Å². The second-order valence-electron chi connectivity index (χ2n) is 10.6. The van der Waals surface area contributed by atoms with Crippen molar-refractivity contribution in [3.63, 3.8) is 0 Å². The van der Waals surface area contributed by atoms with Crippen LogP contribution in [-0.2, 0) is 17.5 Å². The highest BCUT2D eigenvalue weighted by Gasteiger charge is 2.44. The van der Waals surface area contributed by atoms with Gasteiger partial charge >= 0.3 is 6.18 Å². The predicted octanol–water partition coefficient (Wildman–Crippen LogP) is 3.64. The molecule has 1 heterocycles. The van der Waals surface area contributed by atoms with Crippen molar-refractivity contribution in [3.05, 3.63) is 35.4 Å². The number of nitrogens with one attached hydrogen (secondary N) is 1. The molecule has 2 aliphatic rings. The molecule has 0 unspecified atom stereocenters. The number of likely N-dealkylation sites (tertiary alicyclic amines) is 1. The van der Waals surface area contributed by atoms with Gasteiger partial charge < -0.3 is 20.1 Å². The average molecular weight is 483 g/mol. The van der Waals surface area contributed by atoms with E-state index in [1.54, 1.807) is 20.8 Å². The van der Waals surface area contributed by atoms with E-state index in [-0.39, 0.29) is 17.9 Å². The second kappa shape index (κ2) is 10.1. The molecule has 1 saturated heterocycles. The Balaban J connectivity index is 1.63. The van der Waals surface area contributed by atoms with Crippen LogP contribution in [0.1, 0.15) is 64.5 Å². The third-order valence-corrected chi connectivity index (χ3v) is 7.04. The Morgan fingerprint density at radius 3 is 2.32 bits per heavy atom. The Morgan fingerprint density at radius 2 is 1.79 bits per heavy atom. The fraction of sp³-hybridized carbons (Fsp3) is 0.680. The molecular formula is C25H35F3N3O3-. The minimum absolute atomic E-state index is 0.0435. The predicted molar refractivity (Wildman–Crippen MR) is 121 cm³/mol. The van der Waals surface area contributed by atoms with Crippen LogP contribution < -0.4 is 10.4 Å². The Labute approximate surface area is 199 Å². The minimum Gasteiger partial charge on any atom is -0.530 e. The topological polar surface area (TPSA) is 75.7 Å². The molecule has 1 aromatic rings. The van der Waals surface area contributed by atoms with Gasteiger partial charge in [-0.3, -0.25) is 9.69 Å². The molecule has 1 aliphatic heterocycles. The van der Waals surface area contributed by atoms with Gasteiger partial charge in [0.1, 0.15) is 12.1 Å². The van der Waals surface area contributed by atoms with Gasteiger partial charge in [-0.05, 0) is 69.6 Å². The summed E-state index contributed by atoms with van der Waals surface area (Å²) >= 11 is 0. The molecule has 0 radical (unpaired) electrons. The summed E-state index contributed by atoms with van der Waals surface area (Å²) in [6, 6.07) is 4.42. The number of carbonyl (C=O) groups is 2. The van der Waals surface area contributed by atoms with Crippen molar-refractivity contribution in [2.45, 2.75) is 83.7 Å². The number of carbonyl (C=O) groups excluding carboxylic acids is 2. The van der Waals surface area contributed by atoms with Crippen molar-refractivity contribution in [2.24, 2.45) is 11.8 Å². The van der Waals surface area contributed by atoms with E-state index in [1.807, 2.05) is 6.92 Å². The van der Waals surface area contributed by atoms with Gasteiger partial charge in [-0.1, -0.05) is 25.5 Å². The number of amides is 2. The Kier molecular flexibility index (Phi) is 7.85. The van der Waals surface area contributed by atoms with Crippen LogP contribution in [0.25, 0.3) is 0 Å². The molecule has 1 aromatic carbocycles. The summed E-state index contributed by atoms with van der Waals surface area (Å²) in [6.07, 6.45) is -2.82. The van der Waals surface area contributed by atoms with Crippen LogP contribution in [0.5, 0.6) is 0 Å². The van der Waals surface area contributed by atoms with Gasteiger partial charge in [0.2, 0.25) is 5.91 Å². The Bertz CT molecular complexity index is 867. The summed E-state index contributed by atoms with van der Waals surface area (Å²) in [4.78, 5) is 28.4. The molecule has 6 nitrogen and oxygen atoms in total. The second-order valence-corrected chi connectivity index (χ2v) is 10.6. The number of hydrogen-bond acceptors (Lipinski definition) is 4. The van der Waals surface area contributed by atoms with Crippen molar-refractivity contribution in [1.82, 2.24) is 15.1 Å². The first-order valence-corrected chi connectivity index (χ1v) is 12.0. The zero-order valence-corrected chi connectivity index (χ0v) is 20.3. The summed E-state index contributed by atoms with van der Waals surface area (Å²) in [5.74, 6) is 0.365. The lowest BCUT2D eigenvalue weighted by molar-refractivity contribution is -0.273. The van der Waals surface area contributed by atoms with E-state index in [1.165, 1.54) is 12.1 Å². The van der Waals surface area contributed by atoms with Crippen molar-refractivity contribution in [3.8, 4) is 0 Å². The molecule has 0 bridgehead atoms. The van der Waals surface area contributed by atoms with Crippen LogP contribution in [0.4, 0.5) is 18.0 Å². The van der Waals surface area contributed by atoms with Crippen molar-refractivity contribution in [1.29, 1.82) is 0 Å². The van der Waals surface area contributed by atoms with Crippen LogP contribution in [-0.4, -0.2) is 52.5 Å². The number of carboxylic acid groups (broad SMARTS) is 1. The normalized spacial score (nSPS) is 24.0. The molecule has 9 heteroatoms. The molecular weight excluding hydrogens is 447 g/mol. The lowest BCUT2D eigenvalue weighted by Crippen LogP contribution is -2.61. The monoisotopic (exact) mass is 482 g/mol. The average Bonchev–Trinajstić information content (AvgIpc) is 3.27. The van der Waals surface area contributed by atoms with Crippen LogP contribution in [0.3, 0.4) is 0 Å². The summed E-state index contributed by atoms with van der Waals surface area (Å²) in [5, 5.41) is 15.0. The van der Waals surface area contributed by atoms with E-state index >= 15 is 0 Å². The molecule has 1 N–H and O–H groups in total. The van der Waals surface area contributed by atoms with Gasteiger partial charge in [0.25, 0.3) is 0 Å².